The van der Waals surface area contributed by atoms with Gasteiger partial charge in [-0.05, 0) is 34.0 Å². The number of amides is 1. The first-order valence-electron chi connectivity index (χ1n) is 8.22. The molecule has 1 aromatic carbocycles. The fourth-order valence-corrected chi connectivity index (χ4v) is 2.27. The van der Waals surface area contributed by atoms with E-state index in [0.717, 1.165) is 5.56 Å². The predicted octanol–water partition coefficient (Wildman–Crippen LogP) is 2.39. The number of pyridine rings is 1. The van der Waals surface area contributed by atoms with Gasteiger partial charge < -0.3 is 24.9 Å². The van der Waals surface area contributed by atoms with Gasteiger partial charge in [0.1, 0.15) is 18.8 Å². The number of alkyl carbamates (subject to hydrolysis) is 1. The lowest BCUT2D eigenvalue weighted by molar-refractivity contribution is -0.389. The Bertz CT molecular complexity index is 797. The molecule has 2 rings (SSSR count). The Morgan fingerprint density at radius 3 is 2.59 bits per heavy atom. The third kappa shape index (κ3) is 6.38. The zero-order chi connectivity index (χ0) is 19.6. The molecule has 1 amide bonds. The van der Waals surface area contributed by atoms with E-state index in [2.05, 4.69) is 10.3 Å². The van der Waals surface area contributed by atoms with Crippen LogP contribution in [0.15, 0.2) is 48.7 Å². The number of carbonyl (C=O) groups is 2. The molecule has 0 spiro atoms. The largest absolute Gasteiger partial charge is 0.464 e. The standard InChI is InChI=1S/C18H19N3O6/c1-2-26-17(22)15(10-14-8-9-19-16(11-14)21(24)25)20-18(23)27-12-13-6-4-3-5-7-13/h3-9,11,15H,2,10,12H2,1H3,(H,20,23). The first-order chi connectivity index (χ1) is 13.0. The predicted molar refractivity (Wildman–Crippen MR) is 94.8 cm³/mol. The molecular weight excluding hydrogens is 354 g/mol. The third-order valence-corrected chi connectivity index (χ3v) is 3.51. The molecule has 1 aromatic heterocycles. The highest BCUT2D eigenvalue weighted by molar-refractivity contribution is 5.81. The Morgan fingerprint density at radius 2 is 1.93 bits per heavy atom. The molecule has 1 unspecified atom stereocenters. The van der Waals surface area contributed by atoms with Crippen LogP contribution in [0.3, 0.4) is 0 Å². The fraction of sp³-hybridized carbons (Fsp3) is 0.278. The zero-order valence-corrected chi connectivity index (χ0v) is 14.7. The number of nitrogens with one attached hydrogen (secondary N) is 1. The summed E-state index contributed by atoms with van der Waals surface area (Å²) in [5.41, 5.74) is 1.25. The summed E-state index contributed by atoms with van der Waals surface area (Å²) in [7, 11) is 0. The Kier molecular flexibility index (Phi) is 7.24. The molecule has 142 valence electrons. The van der Waals surface area contributed by atoms with E-state index in [9.17, 15) is 19.7 Å². The van der Waals surface area contributed by atoms with E-state index < -0.39 is 23.0 Å². The summed E-state index contributed by atoms with van der Waals surface area (Å²) in [5.74, 6) is -1.00. The van der Waals surface area contributed by atoms with Crippen LogP contribution < -0.4 is 5.32 Å². The number of aromatic nitrogens is 1. The SMILES string of the molecule is CCOC(=O)C(Cc1ccnc([N+](=O)[O-])c1)NC(=O)OCc1ccccc1. The summed E-state index contributed by atoms with van der Waals surface area (Å²) < 4.78 is 10.1. The maximum absolute atomic E-state index is 12.1. The van der Waals surface area contributed by atoms with Crippen molar-refractivity contribution in [1.82, 2.24) is 10.3 Å². The fourth-order valence-electron chi connectivity index (χ4n) is 2.27. The summed E-state index contributed by atoms with van der Waals surface area (Å²) in [5, 5.41) is 13.3. The van der Waals surface area contributed by atoms with E-state index in [0.29, 0.717) is 5.56 Å². The number of carbonyl (C=O) groups excluding carboxylic acids is 2. The summed E-state index contributed by atoms with van der Waals surface area (Å²) >= 11 is 0. The molecule has 0 saturated carbocycles. The molecule has 0 bridgehead atoms. The maximum atomic E-state index is 12.1. The third-order valence-electron chi connectivity index (χ3n) is 3.51. The van der Waals surface area contributed by atoms with Crippen LogP contribution in [-0.4, -0.2) is 34.6 Å². The van der Waals surface area contributed by atoms with E-state index in [1.54, 1.807) is 19.1 Å². The highest BCUT2D eigenvalue weighted by Gasteiger charge is 2.24. The van der Waals surface area contributed by atoms with Crippen LogP contribution >= 0.6 is 0 Å². The van der Waals surface area contributed by atoms with Crippen molar-refractivity contribution in [2.45, 2.75) is 26.0 Å². The molecule has 0 aliphatic rings. The van der Waals surface area contributed by atoms with Crippen LogP contribution in [0.2, 0.25) is 0 Å². The van der Waals surface area contributed by atoms with Gasteiger partial charge >= 0.3 is 17.9 Å². The van der Waals surface area contributed by atoms with Gasteiger partial charge in [0, 0.05) is 12.5 Å². The van der Waals surface area contributed by atoms with Crippen LogP contribution in [-0.2, 0) is 27.3 Å². The van der Waals surface area contributed by atoms with Gasteiger partial charge in [-0.2, -0.15) is 0 Å². The molecule has 1 atom stereocenters. The number of ether oxygens (including phenoxy) is 2. The average Bonchev–Trinajstić information content (AvgIpc) is 2.67. The Hall–Kier alpha value is -3.49. The normalized spacial score (nSPS) is 11.3. The first kappa shape index (κ1) is 19.8. The number of nitrogens with zero attached hydrogens (tertiary/aromatic N) is 2. The van der Waals surface area contributed by atoms with Gasteiger partial charge in [-0.25, -0.2) is 9.59 Å². The number of benzene rings is 1. The van der Waals surface area contributed by atoms with Crippen molar-refractivity contribution in [3.63, 3.8) is 0 Å². The first-order valence-corrected chi connectivity index (χ1v) is 8.22. The van der Waals surface area contributed by atoms with Crippen molar-refractivity contribution < 1.29 is 24.0 Å². The van der Waals surface area contributed by atoms with Gasteiger partial charge in [-0.1, -0.05) is 30.3 Å². The van der Waals surface area contributed by atoms with E-state index >= 15 is 0 Å². The molecule has 0 radical (unpaired) electrons. The minimum Gasteiger partial charge on any atom is -0.464 e. The Balaban J connectivity index is 2.03. The molecular formula is C18H19N3O6. The number of hydrogen-bond acceptors (Lipinski definition) is 7. The van der Waals surface area contributed by atoms with Gasteiger partial charge in [0.2, 0.25) is 0 Å². The lowest BCUT2D eigenvalue weighted by Crippen LogP contribution is -2.43. The van der Waals surface area contributed by atoms with Crippen molar-refractivity contribution in [3.8, 4) is 0 Å². The van der Waals surface area contributed by atoms with Gasteiger partial charge in [0.05, 0.1) is 6.61 Å². The van der Waals surface area contributed by atoms with Crippen LogP contribution in [0.5, 0.6) is 0 Å². The lowest BCUT2D eigenvalue weighted by Gasteiger charge is -2.17. The molecule has 27 heavy (non-hydrogen) atoms. The Labute approximate surface area is 155 Å². The molecule has 1 N–H and O–H groups in total. The topological polar surface area (TPSA) is 121 Å². The lowest BCUT2D eigenvalue weighted by atomic mass is 10.1. The summed E-state index contributed by atoms with van der Waals surface area (Å²) in [6.45, 7) is 1.81. The highest BCUT2D eigenvalue weighted by atomic mass is 16.6. The second kappa shape index (κ2) is 9.85. The zero-order valence-electron chi connectivity index (χ0n) is 14.7. The second-order valence-corrected chi connectivity index (χ2v) is 5.49. The van der Waals surface area contributed by atoms with Crippen LogP contribution in [0.4, 0.5) is 10.6 Å². The molecule has 0 fully saturated rings. The summed E-state index contributed by atoms with van der Waals surface area (Å²) in [4.78, 5) is 38.0. The van der Waals surface area contributed by atoms with Gasteiger partial charge in [-0.15, -0.1) is 0 Å². The van der Waals surface area contributed by atoms with E-state index in [1.807, 2.05) is 18.2 Å². The monoisotopic (exact) mass is 373 g/mol. The van der Waals surface area contributed by atoms with Crippen molar-refractivity contribution in [3.05, 3.63) is 69.9 Å². The molecule has 0 aliphatic carbocycles. The van der Waals surface area contributed by atoms with Crippen LogP contribution in [0, 0.1) is 10.1 Å². The summed E-state index contributed by atoms with van der Waals surface area (Å²) in [6.07, 6.45) is 0.479. The second-order valence-electron chi connectivity index (χ2n) is 5.49. The maximum Gasteiger partial charge on any atom is 0.408 e. The van der Waals surface area contributed by atoms with Gasteiger partial charge in [0.25, 0.3) is 0 Å². The molecule has 0 saturated heterocycles. The quantitative estimate of drug-likeness (QED) is 0.428. The van der Waals surface area contributed by atoms with Crippen molar-refractivity contribution in [1.29, 1.82) is 0 Å². The van der Waals surface area contributed by atoms with Crippen molar-refractivity contribution in [2.75, 3.05) is 6.61 Å². The minimum atomic E-state index is -1.05. The molecule has 0 aliphatic heterocycles. The number of esters is 1. The highest BCUT2D eigenvalue weighted by Crippen LogP contribution is 2.12. The molecule has 2 aromatic rings. The average molecular weight is 373 g/mol. The Morgan fingerprint density at radius 1 is 1.19 bits per heavy atom. The van der Waals surface area contributed by atoms with Crippen molar-refractivity contribution >= 4 is 17.9 Å². The molecule has 9 nitrogen and oxygen atoms in total. The van der Waals surface area contributed by atoms with E-state index in [-0.39, 0.29) is 25.5 Å². The van der Waals surface area contributed by atoms with Gasteiger partial charge in [0.15, 0.2) is 0 Å². The van der Waals surface area contributed by atoms with Crippen molar-refractivity contribution in [2.24, 2.45) is 0 Å². The smallest absolute Gasteiger partial charge is 0.408 e. The molecule has 9 heteroatoms. The van der Waals surface area contributed by atoms with Crippen LogP contribution in [0.25, 0.3) is 0 Å². The minimum absolute atomic E-state index is 0.00261. The molecule has 1 heterocycles. The van der Waals surface area contributed by atoms with E-state index in [1.165, 1.54) is 18.3 Å². The van der Waals surface area contributed by atoms with Crippen LogP contribution in [0.1, 0.15) is 18.1 Å². The number of nitro groups is 1. The van der Waals surface area contributed by atoms with Gasteiger partial charge in [-0.3, -0.25) is 0 Å². The number of hydrogen-bond donors (Lipinski definition) is 1. The summed E-state index contributed by atoms with van der Waals surface area (Å²) in [6, 6.07) is 10.8. The van der Waals surface area contributed by atoms with E-state index in [4.69, 9.17) is 9.47 Å². The number of rotatable bonds is 8.